The van der Waals surface area contributed by atoms with Crippen LogP contribution in [0.1, 0.15) is 0 Å². The number of aromatic nitrogens is 3. The molecule has 2 heterocycles. The zero-order valence-corrected chi connectivity index (χ0v) is 33.0. The van der Waals surface area contributed by atoms with Gasteiger partial charge in [-0.25, -0.2) is 15.0 Å². The van der Waals surface area contributed by atoms with E-state index in [9.17, 15) is 0 Å². The van der Waals surface area contributed by atoms with Gasteiger partial charge in [0.2, 0.25) is 0 Å². The molecule has 0 saturated carbocycles. The molecule has 0 amide bonds. The summed E-state index contributed by atoms with van der Waals surface area (Å²) in [6, 6.07) is 75.0. The summed E-state index contributed by atoms with van der Waals surface area (Å²) in [5.41, 5.74) is 11.7. The number of rotatable bonds is 6. The highest BCUT2D eigenvalue weighted by molar-refractivity contribution is 6.06. The molecule has 0 unspecified atom stereocenters. The molecule has 12 aromatic rings. The summed E-state index contributed by atoms with van der Waals surface area (Å²) in [5, 5.41) is 9.26. The highest BCUT2D eigenvalue weighted by Gasteiger charge is 2.15. The SMILES string of the molecule is c1ccc(-c2nc(-c3ccc4cc(-c5ccc6oc7ccccc7c6c5)ccc4c3)nc(-c3ccc4cc(-c5ccccc5-c5ccc6ccccc6c5)ccc4c3)n2)cc1. The lowest BCUT2D eigenvalue weighted by atomic mass is 9.92. The quantitative estimate of drug-likeness (QED) is 0.169. The van der Waals surface area contributed by atoms with Gasteiger partial charge in [0.25, 0.3) is 0 Å². The number of fused-ring (bicyclic) bond motifs is 6. The summed E-state index contributed by atoms with van der Waals surface area (Å²) in [6.45, 7) is 0. The Morgan fingerprint density at radius 1 is 0.246 bits per heavy atom. The Hall–Kier alpha value is -8.21. The van der Waals surface area contributed by atoms with Crippen LogP contribution in [0.2, 0.25) is 0 Å². The van der Waals surface area contributed by atoms with Gasteiger partial charge in [0, 0.05) is 27.5 Å². The maximum atomic E-state index is 6.09. The zero-order valence-electron chi connectivity index (χ0n) is 33.0. The molecule has 0 aliphatic carbocycles. The van der Waals surface area contributed by atoms with Crippen LogP contribution in [-0.2, 0) is 0 Å². The molecule has 0 bridgehead atoms. The van der Waals surface area contributed by atoms with E-state index in [2.05, 4.69) is 170 Å². The standard InChI is InChI=1S/C57H35N3O/c1-2-11-37(12-3-1)55-58-56(47-26-22-39-30-40(19-20-42(39)33-47)44-28-29-54-52(35-44)51-16-8-9-17-53(51)61-54)60-57(59-55)48-27-23-41-32-46(25-21-43(41)34-48)50-15-7-6-14-49(50)45-24-18-36-10-4-5-13-38(36)31-45/h1-35H. The third-order valence-electron chi connectivity index (χ3n) is 11.9. The van der Waals surface area contributed by atoms with Crippen molar-refractivity contribution in [2.75, 3.05) is 0 Å². The Kier molecular flexibility index (Phi) is 8.13. The van der Waals surface area contributed by atoms with Crippen molar-refractivity contribution in [3.8, 4) is 67.5 Å². The predicted octanol–water partition coefficient (Wildman–Crippen LogP) is 15.2. The van der Waals surface area contributed by atoms with E-state index >= 15 is 0 Å². The summed E-state index contributed by atoms with van der Waals surface area (Å²) in [6.07, 6.45) is 0. The van der Waals surface area contributed by atoms with Gasteiger partial charge in [0.1, 0.15) is 11.2 Å². The molecule has 4 nitrogen and oxygen atoms in total. The Labute approximate surface area is 352 Å². The topological polar surface area (TPSA) is 51.8 Å². The van der Waals surface area contributed by atoms with E-state index in [0.717, 1.165) is 71.3 Å². The van der Waals surface area contributed by atoms with E-state index in [1.54, 1.807) is 0 Å². The number of hydrogen-bond acceptors (Lipinski definition) is 4. The van der Waals surface area contributed by atoms with Crippen LogP contribution in [-0.4, -0.2) is 15.0 Å². The van der Waals surface area contributed by atoms with Crippen LogP contribution in [0, 0.1) is 0 Å². The summed E-state index contributed by atoms with van der Waals surface area (Å²) < 4.78 is 6.09. The largest absolute Gasteiger partial charge is 0.456 e. The van der Waals surface area contributed by atoms with Crippen LogP contribution in [0.5, 0.6) is 0 Å². The predicted molar refractivity (Wildman–Crippen MR) is 252 cm³/mol. The number of benzene rings is 10. The molecule has 61 heavy (non-hydrogen) atoms. The van der Waals surface area contributed by atoms with E-state index in [-0.39, 0.29) is 0 Å². The van der Waals surface area contributed by atoms with E-state index in [1.807, 2.05) is 42.5 Å². The van der Waals surface area contributed by atoms with Gasteiger partial charge in [0.15, 0.2) is 17.5 Å². The molecule has 0 radical (unpaired) electrons. The Balaban J connectivity index is 0.900. The van der Waals surface area contributed by atoms with Crippen molar-refractivity contribution < 1.29 is 4.42 Å². The van der Waals surface area contributed by atoms with Gasteiger partial charge in [-0.2, -0.15) is 0 Å². The maximum Gasteiger partial charge on any atom is 0.164 e. The van der Waals surface area contributed by atoms with Gasteiger partial charge in [-0.15, -0.1) is 0 Å². The van der Waals surface area contributed by atoms with Crippen molar-refractivity contribution in [1.82, 2.24) is 15.0 Å². The molecule has 12 rings (SSSR count). The lowest BCUT2D eigenvalue weighted by Gasteiger charge is -2.13. The number of nitrogens with zero attached hydrogens (tertiary/aromatic N) is 3. The fourth-order valence-electron chi connectivity index (χ4n) is 8.72. The van der Waals surface area contributed by atoms with Crippen LogP contribution in [0.4, 0.5) is 0 Å². The normalized spacial score (nSPS) is 11.6. The van der Waals surface area contributed by atoms with Crippen LogP contribution in [0.25, 0.3) is 122 Å². The molecule has 0 spiro atoms. The molecular weight excluding hydrogens is 743 g/mol. The molecule has 0 fully saturated rings. The van der Waals surface area contributed by atoms with Crippen molar-refractivity contribution in [2.24, 2.45) is 0 Å². The fraction of sp³-hybridized carbons (Fsp3) is 0. The van der Waals surface area contributed by atoms with Crippen molar-refractivity contribution >= 4 is 54.3 Å². The number of para-hydroxylation sites is 1. The Morgan fingerprint density at radius 2 is 0.656 bits per heavy atom. The average Bonchev–Trinajstić information content (AvgIpc) is 3.71. The highest BCUT2D eigenvalue weighted by atomic mass is 16.3. The van der Waals surface area contributed by atoms with Gasteiger partial charge in [-0.05, 0) is 114 Å². The smallest absolute Gasteiger partial charge is 0.164 e. The fourth-order valence-corrected chi connectivity index (χ4v) is 8.72. The lowest BCUT2D eigenvalue weighted by Crippen LogP contribution is -2.00. The molecule has 0 N–H and O–H groups in total. The van der Waals surface area contributed by atoms with Crippen LogP contribution in [0.15, 0.2) is 217 Å². The molecular formula is C57H35N3O. The van der Waals surface area contributed by atoms with Gasteiger partial charge < -0.3 is 4.42 Å². The van der Waals surface area contributed by atoms with Crippen LogP contribution >= 0.6 is 0 Å². The van der Waals surface area contributed by atoms with E-state index in [1.165, 1.54) is 33.0 Å². The van der Waals surface area contributed by atoms with Crippen molar-refractivity contribution in [2.45, 2.75) is 0 Å². The minimum Gasteiger partial charge on any atom is -0.456 e. The van der Waals surface area contributed by atoms with Crippen molar-refractivity contribution in [3.05, 3.63) is 212 Å². The van der Waals surface area contributed by atoms with Gasteiger partial charge >= 0.3 is 0 Å². The highest BCUT2D eigenvalue weighted by Crippen LogP contribution is 2.37. The molecule has 0 atom stereocenters. The minimum atomic E-state index is 0.632. The average molecular weight is 778 g/mol. The van der Waals surface area contributed by atoms with Crippen LogP contribution in [0.3, 0.4) is 0 Å². The van der Waals surface area contributed by atoms with Gasteiger partial charge in [-0.3, -0.25) is 0 Å². The summed E-state index contributed by atoms with van der Waals surface area (Å²) in [7, 11) is 0. The van der Waals surface area contributed by atoms with Crippen LogP contribution < -0.4 is 0 Å². The van der Waals surface area contributed by atoms with E-state index < -0.39 is 0 Å². The summed E-state index contributed by atoms with van der Waals surface area (Å²) in [5.74, 6) is 1.90. The summed E-state index contributed by atoms with van der Waals surface area (Å²) in [4.78, 5) is 15.2. The second kappa shape index (κ2) is 14.3. The molecule has 4 heteroatoms. The summed E-state index contributed by atoms with van der Waals surface area (Å²) >= 11 is 0. The van der Waals surface area contributed by atoms with E-state index in [4.69, 9.17) is 19.4 Å². The van der Waals surface area contributed by atoms with E-state index in [0.29, 0.717) is 17.5 Å². The number of furan rings is 1. The molecule has 0 aliphatic rings. The molecule has 10 aromatic carbocycles. The Bertz CT molecular complexity index is 3660. The van der Waals surface area contributed by atoms with Gasteiger partial charge in [0.05, 0.1) is 0 Å². The third-order valence-corrected chi connectivity index (χ3v) is 11.9. The first-order chi connectivity index (χ1) is 30.2. The number of hydrogen-bond donors (Lipinski definition) is 0. The zero-order chi connectivity index (χ0) is 40.3. The second-order valence-corrected chi connectivity index (χ2v) is 15.6. The lowest BCUT2D eigenvalue weighted by molar-refractivity contribution is 0.669. The molecule has 284 valence electrons. The maximum absolute atomic E-state index is 6.09. The second-order valence-electron chi connectivity index (χ2n) is 15.6. The first-order valence-electron chi connectivity index (χ1n) is 20.6. The first kappa shape index (κ1) is 34.8. The third kappa shape index (κ3) is 6.30. The molecule has 2 aromatic heterocycles. The van der Waals surface area contributed by atoms with Crippen molar-refractivity contribution in [1.29, 1.82) is 0 Å². The monoisotopic (exact) mass is 777 g/mol. The Morgan fingerprint density at radius 3 is 1.31 bits per heavy atom. The molecule has 0 aliphatic heterocycles. The van der Waals surface area contributed by atoms with Gasteiger partial charge in [-0.1, -0.05) is 164 Å². The minimum absolute atomic E-state index is 0.632. The molecule has 0 saturated heterocycles. The first-order valence-corrected chi connectivity index (χ1v) is 20.6. The van der Waals surface area contributed by atoms with Crippen molar-refractivity contribution in [3.63, 3.8) is 0 Å².